The fourth-order valence-electron chi connectivity index (χ4n) is 7.20. The zero-order chi connectivity index (χ0) is 19.3. The molecule has 0 aromatic carbocycles. The predicted molar refractivity (Wildman–Crippen MR) is 109 cm³/mol. The number of aliphatic hydroxyl groups is 1. The standard InChI is InChI=1S/C22H39NO3S/c1-21(2)17-13-14-22(21,20(24)15-17)16-27(25,26)23(18-9-5-3-6-10-18)19-11-7-4-8-12-19/h17-20,24H,3-16H2,1-2H3/t17?,20?,22-/m0/s1. The molecule has 0 spiro atoms. The Hall–Kier alpha value is -0.130. The van der Waals surface area contributed by atoms with Crippen LogP contribution in [0.5, 0.6) is 0 Å². The third kappa shape index (κ3) is 3.30. The van der Waals surface area contributed by atoms with Gasteiger partial charge >= 0.3 is 0 Å². The maximum atomic E-state index is 13.9. The maximum absolute atomic E-state index is 13.9. The Bertz CT molecular complexity index is 616. The van der Waals surface area contributed by atoms with Crippen LogP contribution in [0.4, 0.5) is 0 Å². The van der Waals surface area contributed by atoms with Crippen LogP contribution in [0, 0.1) is 16.7 Å². The molecule has 27 heavy (non-hydrogen) atoms. The molecule has 4 fully saturated rings. The Morgan fingerprint density at radius 1 is 0.889 bits per heavy atom. The van der Waals surface area contributed by atoms with E-state index in [1.807, 2.05) is 4.31 Å². The van der Waals surface area contributed by atoms with Gasteiger partial charge in [0.15, 0.2) is 0 Å². The highest BCUT2D eigenvalue weighted by Crippen LogP contribution is 2.66. The summed E-state index contributed by atoms with van der Waals surface area (Å²) in [7, 11) is -3.38. The summed E-state index contributed by atoms with van der Waals surface area (Å²) < 4.78 is 29.8. The minimum absolute atomic E-state index is 0.0791. The van der Waals surface area contributed by atoms with Gasteiger partial charge in [-0.1, -0.05) is 52.4 Å². The first-order valence-corrected chi connectivity index (χ1v) is 13.1. The van der Waals surface area contributed by atoms with E-state index in [-0.39, 0.29) is 23.3 Å². The normalized spacial score (nSPS) is 37.9. The van der Waals surface area contributed by atoms with E-state index in [0.717, 1.165) is 70.6 Å². The largest absolute Gasteiger partial charge is 0.392 e. The van der Waals surface area contributed by atoms with Gasteiger partial charge in [0.2, 0.25) is 10.0 Å². The zero-order valence-corrected chi connectivity index (χ0v) is 18.1. The minimum Gasteiger partial charge on any atom is -0.392 e. The fourth-order valence-corrected chi connectivity index (χ4v) is 10.0. The van der Waals surface area contributed by atoms with Crippen molar-refractivity contribution in [2.24, 2.45) is 16.7 Å². The van der Waals surface area contributed by atoms with Crippen molar-refractivity contribution < 1.29 is 13.5 Å². The van der Waals surface area contributed by atoms with Gasteiger partial charge in [0.25, 0.3) is 0 Å². The average Bonchev–Trinajstić information content (AvgIpc) is 2.97. The second-order valence-corrected chi connectivity index (χ2v) is 12.4. The fraction of sp³-hybridized carbons (Fsp3) is 1.00. The van der Waals surface area contributed by atoms with Crippen molar-refractivity contribution in [2.45, 2.75) is 116 Å². The van der Waals surface area contributed by atoms with Crippen molar-refractivity contribution in [2.75, 3.05) is 5.75 Å². The molecule has 0 aromatic heterocycles. The van der Waals surface area contributed by atoms with Gasteiger partial charge in [-0.05, 0) is 56.3 Å². The molecule has 0 amide bonds. The molecule has 2 bridgehead atoms. The van der Waals surface area contributed by atoms with Crippen LogP contribution in [0.2, 0.25) is 0 Å². The highest BCUT2D eigenvalue weighted by atomic mass is 32.2. The summed E-state index contributed by atoms with van der Waals surface area (Å²) in [6, 6.07) is 0.393. The van der Waals surface area contributed by atoms with Gasteiger partial charge < -0.3 is 5.11 Å². The van der Waals surface area contributed by atoms with Gasteiger partial charge in [0.1, 0.15) is 0 Å². The first-order valence-electron chi connectivity index (χ1n) is 11.5. The van der Waals surface area contributed by atoms with E-state index < -0.39 is 21.5 Å². The van der Waals surface area contributed by atoms with Gasteiger partial charge in [-0.25, -0.2) is 8.42 Å². The van der Waals surface area contributed by atoms with Crippen molar-refractivity contribution in [1.29, 1.82) is 0 Å². The number of sulfonamides is 1. The van der Waals surface area contributed by atoms with Crippen molar-refractivity contribution in [3.8, 4) is 0 Å². The third-order valence-corrected chi connectivity index (χ3v) is 11.1. The summed E-state index contributed by atoms with van der Waals surface area (Å²) in [6.45, 7) is 4.42. The van der Waals surface area contributed by atoms with Crippen LogP contribution in [0.3, 0.4) is 0 Å². The molecule has 4 rings (SSSR count). The topological polar surface area (TPSA) is 57.6 Å². The lowest BCUT2D eigenvalue weighted by Crippen LogP contribution is -2.54. The Labute approximate surface area is 166 Å². The summed E-state index contributed by atoms with van der Waals surface area (Å²) in [5, 5.41) is 10.9. The SMILES string of the molecule is CC1(C)C2CC[C@]1(CS(=O)(=O)N(C1CCCCC1)C1CCCCC1)C(O)C2. The molecule has 0 radical (unpaired) electrons. The van der Waals surface area contributed by atoms with Gasteiger partial charge in [-0.3, -0.25) is 0 Å². The van der Waals surface area contributed by atoms with E-state index >= 15 is 0 Å². The molecule has 0 aliphatic heterocycles. The molecule has 4 aliphatic rings. The Morgan fingerprint density at radius 2 is 1.41 bits per heavy atom. The molecular formula is C22H39NO3S. The highest BCUT2D eigenvalue weighted by Gasteiger charge is 2.65. The molecule has 4 aliphatic carbocycles. The van der Waals surface area contributed by atoms with Crippen LogP contribution in [0.1, 0.15) is 97.3 Å². The van der Waals surface area contributed by atoms with E-state index in [9.17, 15) is 13.5 Å². The molecule has 0 aromatic rings. The average molecular weight is 398 g/mol. The highest BCUT2D eigenvalue weighted by molar-refractivity contribution is 7.89. The second-order valence-electron chi connectivity index (χ2n) is 10.5. The lowest BCUT2D eigenvalue weighted by atomic mass is 9.70. The van der Waals surface area contributed by atoms with Gasteiger partial charge in [0.05, 0.1) is 11.9 Å². The smallest absolute Gasteiger partial charge is 0.215 e. The van der Waals surface area contributed by atoms with Gasteiger partial charge in [-0.2, -0.15) is 4.31 Å². The first kappa shape index (κ1) is 20.2. The molecule has 5 heteroatoms. The van der Waals surface area contributed by atoms with Gasteiger partial charge in [0, 0.05) is 17.5 Å². The summed E-state index contributed by atoms with van der Waals surface area (Å²) in [5.41, 5.74) is -0.525. The minimum atomic E-state index is -3.38. The Balaban J connectivity index is 1.64. The summed E-state index contributed by atoms with van der Waals surface area (Å²) >= 11 is 0. The van der Waals surface area contributed by atoms with Crippen molar-refractivity contribution >= 4 is 10.0 Å². The van der Waals surface area contributed by atoms with Crippen LogP contribution in [-0.2, 0) is 10.0 Å². The van der Waals surface area contributed by atoms with E-state index in [1.54, 1.807) is 0 Å². The molecule has 1 N–H and O–H groups in total. The molecule has 3 atom stereocenters. The molecule has 2 unspecified atom stereocenters. The molecular weight excluding hydrogens is 358 g/mol. The Kier molecular flexibility index (Phi) is 5.44. The van der Waals surface area contributed by atoms with E-state index in [0.29, 0.717) is 5.92 Å². The number of aliphatic hydroxyl groups excluding tert-OH is 1. The molecule has 156 valence electrons. The summed E-state index contributed by atoms with van der Waals surface area (Å²) in [4.78, 5) is 0. The number of hydrogen-bond acceptors (Lipinski definition) is 3. The first-order chi connectivity index (χ1) is 12.8. The Morgan fingerprint density at radius 3 is 1.81 bits per heavy atom. The van der Waals surface area contributed by atoms with Crippen LogP contribution in [0.25, 0.3) is 0 Å². The number of nitrogens with zero attached hydrogens (tertiary/aromatic N) is 1. The second kappa shape index (κ2) is 7.28. The van der Waals surface area contributed by atoms with Crippen molar-refractivity contribution in [3.63, 3.8) is 0 Å². The van der Waals surface area contributed by atoms with E-state index in [1.165, 1.54) is 12.8 Å². The number of rotatable bonds is 5. The third-order valence-electron chi connectivity index (χ3n) is 9.02. The lowest BCUT2D eigenvalue weighted by molar-refractivity contribution is 0.0136. The maximum Gasteiger partial charge on any atom is 0.215 e. The van der Waals surface area contributed by atoms with Gasteiger partial charge in [-0.15, -0.1) is 0 Å². The van der Waals surface area contributed by atoms with Crippen LogP contribution in [0.15, 0.2) is 0 Å². The van der Waals surface area contributed by atoms with Crippen LogP contribution in [-0.4, -0.2) is 41.8 Å². The summed E-state index contributed by atoms with van der Waals surface area (Å²) in [6.07, 6.45) is 13.5. The predicted octanol–water partition coefficient (Wildman–Crippen LogP) is 4.47. The van der Waals surface area contributed by atoms with E-state index in [4.69, 9.17) is 0 Å². The van der Waals surface area contributed by atoms with Crippen LogP contribution < -0.4 is 0 Å². The zero-order valence-electron chi connectivity index (χ0n) is 17.3. The van der Waals surface area contributed by atoms with Crippen molar-refractivity contribution in [3.05, 3.63) is 0 Å². The molecule has 0 heterocycles. The number of fused-ring (bicyclic) bond motifs is 2. The monoisotopic (exact) mass is 397 g/mol. The quantitative estimate of drug-likeness (QED) is 0.744. The lowest BCUT2D eigenvalue weighted by Gasteiger charge is -2.45. The molecule has 4 saturated carbocycles. The molecule has 0 saturated heterocycles. The molecule has 4 nitrogen and oxygen atoms in total. The van der Waals surface area contributed by atoms with Crippen LogP contribution >= 0.6 is 0 Å². The van der Waals surface area contributed by atoms with E-state index in [2.05, 4.69) is 13.8 Å². The van der Waals surface area contributed by atoms with Crippen molar-refractivity contribution in [1.82, 2.24) is 4.31 Å². The summed E-state index contributed by atoms with van der Waals surface area (Å²) in [5.74, 6) is 0.637. The number of hydrogen-bond donors (Lipinski definition) is 1.